The molecule has 0 aliphatic rings. The molecule has 0 N–H and O–H groups in total. The summed E-state index contributed by atoms with van der Waals surface area (Å²) in [6.07, 6.45) is 0. The maximum absolute atomic E-state index is 12.4. The molecule has 108 valence electrons. The van der Waals surface area contributed by atoms with E-state index >= 15 is 0 Å². The van der Waals surface area contributed by atoms with Crippen molar-refractivity contribution in [1.82, 2.24) is 9.38 Å². The zero-order valence-electron chi connectivity index (χ0n) is 12.3. The third-order valence-corrected chi connectivity index (χ3v) is 5.25. The Morgan fingerprint density at radius 1 is 1.05 bits per heavy atom. The molecule has 4 rings (SSSR count). The van der Waals surface area contributed by atoms with E-state index in [9.17, 15) is 4.79 Å². The van der Waals surface area contributed by atoms with Gasteiger partial charge in [0, 0.05) is 16.5 Å². The van der Waals surface area contributed by atoms with E-state index in [0.29, 0.717) is 5.65 Å². The highest BCUT2D eigenvalue weighted by atomic mass is 32.1. The second-order valence-electron chi connectivity index (χ2n) is 5.39. The molecule has 4 heteroatoms. The lowest BCUT2D eigenvalue weighted by molar-refractivity contribution is 0.994. The normalized spacial score (nSPS) is 11.4. The molecule has 1 aromatic carbocycles. The van der Waals surface area contributed by atoms with Crippen LogP contribution in [0, 0.1) is 13.8 Å². The molecule has 0 spiro atoms. The van der Waals surface area contributed by atoms with Crippen molar-refractivity contribution in [3.8, 4) is 10.6 Å². The molecule has 3 nitrogen and oxygen atoms in total. The van der Waals surface area contributed by atoms with E-state index in [4.69, 9.17) is 4.98 Å². The minimum atomic E-state index is -0.0324. The van der Waals surface area contributed by atoms with Gasteiger partial charge in [-0.1, -0.05) is 24.3 Å². The van der Waals surface area contributed by atoms with Gasteiger partial charge >= 0.3 is 0 Å². The van der Waals surface area contributed by atoms with Crippen LogP contribution in [0.5, 0.6) is 0 Å². The second kappa shape index (κ2) is 4.78. The van der Waals surface area contributed by atoms with Gasteiger partial charge in [-0.3, -0.25) is 9.20 Å². The van der Waals surface area contributed by atoms with Crippen LogP contribution in [0.4, 0.5) is 0 Å². The van der Waals surface area contributed by atoms with Crippen molar-refractivity contribution in [2.45, 2.75) is 13.8 Å². The summed E-state index contributed by atoms with van der Waals surface area (Å²) < 4.78 is 2.87. The van der Waals surface area contributed by atoms with Crippen LogP contribution in [0.3, 0.4) is 0 Å². The second-order valence-corrected chi connectivity index (χ2v) is 6.44. The Kier molecular flexibility index (Phi) is 2.87. The molecule has 0 bridgehead atoms. The molecule has 0 aliphatic heterocycles. The molecule has 0 saturated carbocycles. The summed E-state index contributed by atoms with van der Waals surface area (Å²) >= 11 is 1.69. The number of pyridine rings is 1. The molecule has 3 aromatic heterocycles. The Morgan fingerprint density at radius 2 is 1.86 bits per heavy atom. The topological polar surface area (TPSA) is 34.4 Å². The van der Waals surface area contributed by atoms with Crippen LogP contribution < -0.4 is 5.56 Å². The first kappa shape index (κ1) is 13.2. The zero-order valence-corrected chi connectivity index (χ0v) is 13.1. The van der Waals surface area contributed by atoms with Crippen molar-refractivity contribution >= 4 is 27.1 Å². The van der Waals surface area contributed by atoms with Crippen molar-refractivity contribution < 1.29 is 0 Å². The van der Waals surface area contributed by atoms with Crippen LogP contribution >= 0.6 is 11.3 Å². The largest absolute Gasteiger partial charge is 0.269 e. The molecule has 0 unspecified atom stereocenters. The van der Waals surface area contributed by atoms with E-state index in [0.717, 1.165) is 16.3 Å². The molecule has 3 heterocycles. The van der Waals surface area contributed by atoms with Crippen LogP contribution in [-0.2, 0) is 0 Å². The Labute approximate surface area is 131 Å². The van der Waals surface area contributed by atoms with Gasteiger partial charge in [-0.05, 0) is 43.0 Å². The number of thiophene rings is 1. The van der Waals surface area contributed by atoms with Gasteiger partial charge in [0.25, 0.3) is 5.56 Å². The molecule has 0 saturated heterocycles. The quantitative estimate of drug-likeness (QED) is 0.528. The van der Waals surface area contributed by atoms with Crippen LogP contribution in [0.15, 0.2) is 53.3 Å². The van der Waals surface area contributed by atoms with Gasteiger partial charge in [0.2, 0.25) is 0 Å². The molecule has 0 aliphatic carbocycles. The summed E-state index contributed by atoms with van der Waals surface area (Å²) in [5, 5.41) is 1.23. The molecule has 4 aromatic rings. The highest BCUT2D eigenvalue weighted by Crippen LogP contribution is 2.36. The molecule has 22 heavy (non-hydrogen) atoms. The first-order chi connectivity index (χ1) is 10.6. The van der Waals surface area contributed by atoms with Gasteiger partial charge in [-0.2, -0.15) is 0 Å². The summed E-state index contributed by atoms with van der Waals surface area (Å²) in [5.74, 6) is 0. The Bertz CT molecular complexity index is 1080. The minimum Gasteiger partial charge on any atom is -0.269 e. The van der Waals surface area contributed by atoms with Crippen LogP contribution in [0.25, 0.3) is 26.3 Å². The fourth-order valence-electron chi connectivity index (χ4n) is 2.85. The molecular weight excluding hydrogens is 292 g/mol. The van der Waals surface area contributed by atoms with E-state index in [-0.39, 0.29) is 5.56 Å². The lowest BCUT2D eigenvalue weighted by Gasteiger charge is -2.06. The first-order valence-electron chi connectivity index (χ1n) is 7.13. The monoisotopic (exact) mass is 306 g/mol. The van der Waals surface area contributed by atoms with E-state index in [1.165, 1.54) is 15.6 Å². The molecule has 0 radical (unpaired) electrons. The summed E-state index contributed by atoms with van der Waals surface area (Å²) in [6, 6.07) is 15.7. The average molecular weight is 306 g/mol. The maximum atomic E-state index is 12.4. The fourth-order valence-corrected chi connectivity index (χ4v) is 4.02. The Morgan fingerprint density at radius 3 is 2.68 bits per heavy atom. The predicted octanol–water partition coefficient (Wildman–Crippen LogP) is 4.19. The third kappa shape index (κ3) is 1.88. The maximum Gasteiger partial charge on any atom is 0.258 e. The highest BCUT2D eigenvalue weighted by molar-refractivity contribution is 7.22. The number of aryl methyl sites for hydroxylation is 2. The standard InChI is InChI=1S/C18H14N2OS/c1-11-6-5-9-16-19-14(10-17(21)20(11)16)18-12(2)13-7-3-4-8-15(13)22-18/h3-10H,1-2H3. The summed E-state index contributed by atoms with van der Waals surface area (Å²) in [5.41, 5.74) is 3.50. The smallest absolute Gasteiger partial charge is 0.258 e. The van der Waals surface area contributed by atoms with Gasteiger partial charge in [0.05, 0.1) is 10.6 Å². The SMILES string of the molecule is Cc1c(-c2cc(=O)n3c(C)cccc3n2)sc2ccccc12. The van der Waals surface area contributed by atoms with Crippen LogP contribution in [-0.4, -0.2) is 9.38 Å². The Hall–Kier alpha value is -2.46. The van der Waals surface area contributed by atoms with Gasteiger partial charge in [-0.25, -0.2) is 4.98 Å². The number of rotatable bonds is 1. The van der Waals surface area contributed by atoms with E-state index in [1.54, 1.807) is 21.8 Å². The molecule has 0 fully saturated rings. The number of hydrogen-bond acceptors (Lipinski definition) is 3. The number of hydrogen-bond donors (Lipinski definition) is 0. The number of aromatic nitrogens is 2. The van der Waals surface area contributed by atoms with Crippen molar-refractivity contribution in [1.29, 1.82) is 0 Å². The van der Waals surface area contributed by atoms with Gasteiger partial charge < -0.3 is 0 Å². The van der Waals surface area contributed by atoms with E-state index in [2.05, 4.69) is 19.1 Å². The van der Waals surface area contributed by atoms with Gasteiger partial charge in [-0.15, -0.1) is 11.3 Å². The van der Waals surface area contributed by atoms with Crippen molar-refractivity contribution in [3.63, 3.8) is 0 Å². The number of benzene rings is 1. The fraction of sp³-hybridized carbons (Fsp3) is 0.111. The summed E-state index contributed by atoms with van der Waals surface area (Å²) in [6.45, 7) is 4.01. The third-order valence-electron chi connectivity index (χ3n) is 3.96. The molecule has 0 atom stereocenters. The van der Waals surface area contributed by atoms with Crippen molar-refractivity contribution in [3.05, 3.63) is 70.1 Å². The predicted molar refractivity (Wildman–Crippen MR) is 91.8 cm³/mol. The first-order valence-corrected chi connectivity index (χ1v) is 7.95. The summed E-state index contributed by atoms with van der Waals surface area (Å²) in [4.78, 5) is 18.2. The highest BCUT2D eigenvalue weighted by Gasteiger charge is 2.13. The number of nitrogens with zero attached hydrogens (tertiary/aromatic N) is 2. The zero-order chi connectivity index (χ0) is 15.3. The van der Waals surface area contributed by atoms with Crippen LogP contribution in [0.1, 0.15) is 11.3 Å². The van der Waals surface area contributed by atoms with Crippen molar-refractivity contribution in [2.75, 3.05) is 0 Å². The van der Waals surface area contributed by atoms with Crippen LogP contribution in [0.2, 0.25) is 0 Å². The van der Waals surface area contributed by atoms with Crippen molar-refractivity contribution in [2.24, 2.45) is 0 Å². The lowest BCUT2D eigenvalue weighted by Crippen LogP contribution is -2.16. The average Bonchev–Trinajstić information content (AvgIpc) is 2.85. The minimum absolute atomic E-state index is 0.0324. The lowest BCUT2D eigenvalue weighted by atomic mass is 10.1. The van der Waals surface area contributed by atoms with Gasteiger partial charge in [0.1, 0.15) is 5.65 Å². The number of fused-ring (bicyclic) bond motifs is 2. The van der Waals surface area contributed by atoms with E-state index in [1.807, 2.05) is 37.3 Å². The van der Waals surface area contributed by atoms with E-state index < -0.39 is 0 Å². The molecule has 0 amide bonds. The van der Waals surface area contributed by atoms with Gasteiger partial charge in [0.15, 0.2) is 0 Å². The summed E-state index contributed by atoms with van der Waals surface area (Å²) in [7, 11) is 0. The Balaban J connectivity index is 2.05. The molecular formula is C18H14N2OS.